The number of rotatable bonds is 7. The average Bonchev–Trinajstić information content (AvgIpc) is 3.66. The highest BCUT2D eigenvalue weighted by Gasteiger charge is 2.31. The Kier molecular flexibility index (Phi) is 6.63. The van der Waals surface area contributed by atoms with E-state index in [9.17, 15) is 18.4 Å². The fourth-order valence-electron chi connectivity index (χ4n) is 5.32. The molecule has 40 heavy (non-hydrogen) atoms. The maximum atomic E-state index is 12.8. The maximum Gasteiger partial charge on any atom is 0.397 e. The molecule has 0 atom stereocenters. The minimum atomic E-state index is -4.42. The van der Waals surface area contributed by atoms with E-state index in [0.717, 1.165) is 54.5 Å². The van der Waals surface area contributed by atoms with Crippen LogP contribution >= 0.6 is 0 Å². The van der Waals surface area contributed by atoms with Crippen LogP contribution in [0.3, 0.4) is 0 Å². The minimum absolute atomic E-state index is 0.0873. The second-order valence-corrected chi connectivity index (χ2v) is 10.1. The molecule has 0 bridgehead atoms. The third-order valence-corrected chi connectivity index (χ3v) is 7.39. The highest BCUT2D eigenvalue weighted by atomic mass is 19.4. The molecule has 13 heteroatoms. The molecular formula is C27H26F3N9O. The predicted octanol–water partition coefficient (Wildman–Crippen LogP) is 4.71. The molecule has 206 valence electrons. The monoisotopic (exact) mass is 549 g/mol. The number of nitrogens with one attached hydrogen (secondary N) is 2. The summed E-state index contributed by atoms with van der Waals surface area (Å²) in [5, 5.41) is 20.9. The number of likely N-dealkylation sites (tertiary alicyclic amines) is 1. The van der Waals surface area contributed by atoms with Gasteiger partial charge in [-0.05, 0) is 43.0 Å². The SMILES string of the molecule is Cc1c(CN2CCC(Nc3ncnc4nc(CC(F)(F)F)oc34)CC2)ccc2c1cc(C#N)n2Cc1cn[nH]c1. The summed E-state index contributed by atoms with van der Waals surface area (Å²) in [4.78, 5) is 14.4. The van der Waals surface area contributed by atoms with Gasteiger partial charge in [-0.25, -0.2) is 9.97 Å². The molecule has 0 aliphatic carbocycles. The predicted molar refractivity (Wildman–Crippen MR) is 140 cm³/mol. The lowest BCUT2D eigenvalue weighted by Crippen LogP contribution is -2.39. The van der Waals surface area contributed by atoms with Gasteiger partial charge >= 0.3 is 6.18 Å². The van der Waals surface area contributed by atoms with Crippen molar-refractivity contribution in [3.63, 3.8) is 0 Å². The summed E-state index contributed by atoms with van der Waals surface area (Å²) in [6.07, 6.45) is 0.859. The van der Waals surface area contributed by atoms with E-state index in [2.05, 4.69) is 60.5 Å². The zero-order valence-corrected chi connectivity index (χ0v) is 21.7. The van der Waals surface area contributed by atoms with E-state index in [1.54, 1.807) is 6.20 Å². The molecule has 1 fully saturated rings. The van der Waals surface area contributed by atoms with Crippen LogP contribution in [0.15, 0.2) is 41.3 Å². The van der Waals surface area contributed by atoms with Gasteiger partial charge in [-0.15, -0.1) is 0 Å². The number of hydrogen-bond donors (Lipinski definition) is 2. The molecule has 0 unspecified atom stereocenters. The number of fused-ring (bicyclic) bond motifs is 2. The molecule has 4 aromatic heterocycles. The Hall–Kier alpha value is -4.44. The van der Waals surface area contributed by atoms with Crippen LogP contribution in [0.25, 0.3) is 22.1 Å². The number of aromatic amines is 1. The lowest BCUT2D eigenvalue weighted by atomic mass is 10.0. The number of H-pyrrole nitrogens is 1. The van der Waals surface area contributed by atoms with Crippen molar-refractivity contribution < 1.29 is 17.6 Å². The summed E-state index contributed by atoms with van der Waals surface area (Å²) in [7, 11) is 0. The third kappa shape index (κ3) is 5.22. The Morgan fingerprint density at radius 2 is 2.02 bits per heavy atom. The van der Waals surface area contributed by atoms with Gasteiger partial charge in [-0.2, -0.15) is 28.5 Å². The summed E-state index contributed by atoms with van der Waals surface area (Å²) < 4.78 is 45.7. The van der Waals surface area contributed by atoms with Crippen LogP contribution in [0.2, 0.25) is 0 Å². The van der Waals surface area contributed by atoms with Gasteiger partial charge in [0.25, 0.3) is 0 Å². The lowest BCUT2D eigenvalue weighted by molar-refractivity contribution is -0.130. The molecule has 0 saturated carbocycles. The number of anilines is 1. The minimum Gasteiger partial charge on any atom is -0.435 e. The third-order valence-electron chi connectivity index (χ3n) is 7.39. The number of benzene rings is 1. The van der Waals surface area contributed by atoms with Gasteiger partial charge in [0.15, 0.2) is 5.82 Å². The number of oxazole rings is 1. The van der Waals surface area contributed by atoms with Crippen molar-refractivity contribution in [1.29, 1.82) is 5.26 Å². The molecule has 10 nitrogen and oxygen atoms in total. The fourth-order valence-corrected chi connectivity index (χ4v) is 5.32. The van der Waals surface area contributed by atoms with Gasteiger partial charge in [0.2, 0.25) is 17.1 Å². The van der Waals surface area contributed by atoms with Crippen molar-refractivity contribution in [2.45, 2.75) is 51.5 Å². The van der Waals surface area contributed by atoms with Gasteiger partial charge in [-0.1, -0.05) is 6.07 Å². The smallest absolute Gasteiger partial charge is 0.397 e. The molecule has 1 aliphatic rings. The normalized spacial score (nSPS) is 15.2. The van der Waals surface area contributed by atoms with E-state index in [4.69, 9.17) is 4.42 Å². The van der Waals surface area contributed by atoms with Crippen LogP contribution in [-0.2, 0) is 19.5 Å². The molecule has 6 rings (SSSR count). The van der Waals surface area contributed by atoms with E-state index in [0.29, 0.717) is 18.1 Å². The number of halogens is 3. The number of hydrogen-bond acceptors (Lipinski definition) is 8. The number of nitrogens with zero attached hydrogens (tertiary/aromatic N) is 7. The molecule has 1 saturated heterocycles. The summed E-state index contributed by atoms with van der Waals surface area (Å²) in [5.74, 6) is -0.0641. The van der Waals surface area contributed by atoms with Crippen LogP contribution in [0, 0.1) is 18.3 Å². The molecule has 0 amide bonds. The van der Waals surface area contributed by atoms with Gasteiger partial charge < -0.3 is 14.3 Å². The molecule has 0 spiro atoms. The molecule has 5 aromatic rings. The number of aryl methyl sites for hydroxylation is 1. The number of aromatic nitrogens is 6. The zero-order chi connectivity index (χ0) is 27.9. The summed E-state index contributed by atoms with van der Waals surface area (Å²) in [6.45, 7) is 5.12. The highest BCUT2D eigenvalue weighted by molar-refractivity contribution is 5.86. The summed E-state index contributed by atoms with van der Waals surface area (Å²) >= 11 is 0. The van der Waals surface area contributed by atoms with Crippen molar-refractivity contribution in [3.05, 3.63) is 65.2 Å². The van der Waals surface area contributed by atoms with E-state index in [1.807, 2.05) is 16.8 Å². The van der Waals surface area contributed by atoms with Gasteiger partial charge in [0, 0.05) is 48.3 Å². The van der Waals surface area contributed by atoms with Crippen LogP contribution in [0.5, 0.6) is 0 Å². The lowest BCUT2D eigenvalue weighted by Gasteiger charge is -2.33. The van der Waals surface area contributed by atoms with Crippen molar-refractivity contribution in [1.82, 2.24) is 34.6 Å². The van der Waals surface area contributed by atoms with Crippen LogP contribution in [-0.4, -0.2) is 59.9 Å². The van der Waals surface area contributed by atoms with E-state index in [1.165, 1.54) is 11.9 Å². The van der Waals surface area contributed by atoms with Crippen molar-refractivity contribution in [2.24, 2.45) is 0 Å². The number of alkyl halides is 3. The number of nitriles is 1. The Labute approximate surface area is 226 Å². The standard InChI is InChI=1S/C27H26F3N9O/c1-16-18(2-3-22-21(16)8-20(10-31)39(22)13-17-11-34-35-12-17)14-38-6-4-19(5-7-38)36-25-24-26(33-15-32-25)37-23(40-24)9-27(28,29)30/h2-3,8,11-12,15,19H,4-7,9,13-14H2,1H3,(H,34,35)(H,32,33,36). The maximum absolute atomic E-state index is 12.8. The quantitative estimate of drug-likeness (QED) is 0.299. The second kappa shape index (κ2) is 10.3. The summed E-state index contributed by atoms with van der Waals surface area (Å²) in [5.41, 5.74) is 5.25. The largest absolute Gasteiger partial charge is 0.435 e. The molecule has 1 aromatic carbocycles. The van der Waals surface area contributed by atoms with Crippen molar-refractivity contribution in [2.75, 3.05) is 18.4 Å². The Balaban J connectivity index is 1.12. The molecule has 1 aliphatic heterocycles. The van der Waals surface area contributed by atoms with Crippen LogP contribution in [0.4, 0.5) is 19.0 Å². The Bertz CT molecular complexity index is 1690. The first-order valence-corrected chi connectivity index (χ1v) is 12.9. The number of piperidine rings is 1. The van der Waals surface area contributed by atoms with Crippen LogP contribution in [0.1, 0.15) is 41.1 Å². The van der Waals surface area contributed by atoms with E-state index >= 15 is 0 Å². The first-order valence-electron chi connectivity index (χ1n) is 12.9. The highest BCUT2D eigenvalue weighted by Crippen LogP contribution is 2.29. The topological polar surface area (TPSA) is 124 Å². The van der Waals surface area contributed by atoms with E-state index in [-0.39, 0.29) is 17.3 Å². The first-order chi connectivity index (χ1) is 19.3. The zero-order valence-electron chi connectivity index (χ0n) is 21.7. The molecule has 0 radical (unpaired) electrons. The molecule has 5 heterocycles. The van der Waals surface area contributed by atoms with Crippen LogP contribution < -0.4 is 5.32 Å². The molecule has 2 N–H and O–H groups in total. The second-order valence-electron chi connectivity index (χ2n) is 10.1. The van der Waals surface area contributed by atoms with Gasteiger partial charge in [0.05, 0.1) is 12.7 Å². The van der Waals surface area contributed by atoms with Crippen molar-refractivity contribution >= 4 is 28.0 Å². The average molecular weight is 550 g/mol. The van der Waals surface area contributed by atoms with E-state index < -0.39 is 18.5 Å². The molecular weight excluding hydrogens is 523 g/mol. The Morgan fingerprint density at radius 3 is 2.75 bits per heavy atom. The fraction of sp³-hybridized carbons (Fsp3) is 0.370. The van der Waals surface area contributed by atoms with Crippen molar-refractivity contribution in [3.8, 4) is 6.07 Å². The van der Waals surface area contributed by atoms with Gasteiger partial charge in [-0.3, -0.25) is 10.00 Å². The Morgan fingerprint density at radius 1 is 1.20 bits per heavy atom. The van der Waals surface area contributed by atoms with Gasteiger partial charge in [0.1, 0.15) is 24.5 Å². The first kappa shape index (κ1) is 25.8. The summed E-state index contributed by atoms with van der Waals surface area (Å²) in [6, 6.07) is 8.58.